The van der Waals surface area contributed by atoms with Crippen molar-refractivity contribution in [2.24, 2.45) is 11.8 Å². The second-order valence-electron chi connectivity index (χ2n) is 4.01. The van der Waals surface area contributed by atoms with Crippen molar-refractivity contribution in [3.05, 3.63) is 10.1 Å². The zero-order valence-corrected chi connectivity index (χ0v) is 11.3. The first kappa shape index (κ1) is 13.9. The molecule has 18 heavy (non-hydrogen) atoms. The molecule has 0 aromatic carbocycles. The molecule has 2 bridgehead atoms. The van der Waals surface area contributed by atoms with Crippen LogP contribution in [0.2, 0.25) is 0 Å². The van der Waals surface area contributed by atoms with Crippen molar-refractivity contribution in [1.82, 2.24) is 0 Å². The molecule has 4 unspecified atom stereocenters. The number of Topliss-reactive ketones (excluding diaryl/α,β-unsaturated/α-hetero) is 1. The van der Waals surface area contributed by atoms with Gasteiger partial charge in [0.2, 0.25) is 0 Å². The minimum absolute atomic E-state index is 0.421. The van der Waals surface area contributed by atoms with E-state index in [0.717, 1.165) is 0 Å². The molecule has 2 aliphatic rings. The van der Waals surface area contributed by atoms with Crippen molar-refractivity contribution in [2.75, 3.05) is 0 Å². The largest absolute Gasteiger partial charge is 0.481 e. The standard InChI is InChI=1S/C9H4Cl4O5/c10-3-4(11)9(13)2(6(16)17)1(5(14)15)8(3,12)7(9)18/h1-2H,(H,14,15)(H,16,17). The van der Waals surface area contributed by atoms with Gasteiger partial charge in [0.05, 0.1) is 10.1 Å². The number of hydrogen-bond donors (Lipinski definition) is 2. The smallest absolute Gasteiger partial charge is 0.310 e. The Hall–Kier alpha value is -0.490. The molecule has 0 saturated heterocycles. The first-order valence-electron chi connectivity index (χ1n) is 4.55. The van der Waals surface area contributed by atoms with Gasteiger partial charge in [-0.1, -0.05) is 23.2 Å². The van der Waals surface area contributed by atoms with E-state index in [1.165, 1.54) is 0 Å². The number of carboxylic acids is 2. The summed E-state index contributed by atoms with van der Waals surface area (Å²) in [6.07, 6.45) is 0. The maximum Gasteiger partial charge on any atom is 0.310 e. The topological polar surface area (TPSA) is 91.7 Å². The van der Waals surface area contributed by atoms with Gasteiger partial charge in [-0.3, -0.25) is 14.4 Å². The normalized spacial score (nSPS) is 42.6. The van der Waals surface area contributed by atoms with Crippen LogP contribution in [0.25, 0.3) is 0 Å². The molecular formula is C9H4Cl4O5. The van der Waals surface area contributed by atoms with Gasteiger partial charge >= 0.3 is 11.9 Å². The van der Waals surface area contributed by atoms with E-state index >= 15 is 0 Å². The molecule has 1 saturated carbocycles. The van der Waals surface area contributed by atoms with Gasteiger partial charge in [0, 0.05) is 0 Å². The predicted molar refractivity (Wildman–Crippen MR) is 63.2 cm³/mol. The third kappa shape index (κ3) is 1.23. The second kappa shape index (κ2) is 3.76. The summed E-state index contributed by atoms with van der Waals surface area (Å²) in [4.78, 5) is 30.0. The number of aliphatic carboxylic acids is 2. The summed E-state index contributed by atoms with van der Waals surface area (Å²) in [5.74, 6) is -7.69. The van der Waals surface area contributed by atoms with Crippen LogP contribution < -0.4 is 0 Å². The maximum absolute atomic E-state index is 12.1. The summed E-state index contributed by atoms with van der Waals surface area (Å²) < 4.78 is 0. The van der Waals surface area contributed by atoms with Crippen molar-refractivity contribution in [3.8, 4) is 0 Å². The number of carbonyl (C=O) groups excluding carboxylic acids is 1. The Kier molecular flexibility index (Phi) is 2.91. The Morgan fingerprint density at radius 1 is 0.944 bits per heavy atom. The van der Waals surface area contributed by atoms with Gasteiger partial charge in [-0.05, 0) is 0 Å². The third-order valence-corrected chi connectivity index (χ3v) is 5.67. The number of rotatable bonds is 2. The van der Waals surface area contributed by atoms with Crippen LogP contribution in [-0.4, -0.2) is 37.7 Å². The molecular weight excluding hydrogens is 330 g/mol. The maximum atomic E-state index is 12.1. The lowest BCUT2D eigenvalue weighted by Gasteiger charge is -2.30. The van der Waals surface area contributed by atoms with E-state index in [0.29, 0.717) is 0 Å². The molecule has 0 radical (unpaired) electrons. The van der Waals surface area contributed by atoms with E-state index < -0.39 is 49.4 Å². The van der Waals surface area contributed by atoms with Gasteiger partial charge in [0.15, 0.2) is 15.5 Å². The van der Waals surface area contributed by atoms with Crippen LogP contribution in [0.3, 0.4) is 0 Å². The van der Waals surface area contributed by atoms with Gasteiger partial charge in [0.1, 0.15) is 11.8 Å². The van der Waals surface area contributed by atoms with E-state index in [1.807, 2.05) is 0 Å². The Bertz CT molecular complexity index is 485. The number of fused-ring (bicyclic) bond motifs is 2. The molecule has 2 aliphatic carbocycles. The third-order valence-electron chi connectivity index (χ3n) is 3.21. The highest BCUT2D eigenvalue weighted by molar-refractivity contribution is 6.63. The second-order valence-corrected chi connectivity index (χ2v) is 5.96. The van der Waals surface area contributed by atoms with E-state index in [4.69, 9.17) is 56.6 Å². The molecule has 4 atom stereocenters. The highest BCUT2D eigenvalue weighted by atomic mass is 35.5. The minimum atomic E-state index is -2.21. The molecule has 0 aromatic rings. The van der Waals surface area contributed by atoms with E-state index in [1.54, 1.807) is 0 Å². The molecule has 0 aliphatic heterocycles. The Balaban J connectivity index is 2.78. The summed E-state index contributed by atoms with van der Waals surface area (Å²) in [7, 11) is 0. The lowest BCUT2D eigenvalue weighted by Crippen LogP contribution is -2.45. The molecule has 5 nitrogen and oxygen atoms in total. The summed E-state index contributed by atoms with van der Waals surface area (Å²) in [6.45, 7) is 0. The van der Waals surface area contributed by atoms with Crippen molar-refractivity contribution in [2.45, 2.75) is 9.75 Å². The number of allylic oxidation sites excluding steroid dienone is 2. The van der Waals surface area contributed by atoms with Crippen LogP contribution in [0.15, 0.2) is 10.1 Å². The fraction of sp³-hybridized carbons (Fsp3) is 0.444. The SMILES string of the molecule is O=C(O)C1C(C(=O)O)C2(Cl)C(=O)C1(Cl)C(Cl)=C2Cl. The van der Waals surface area contributed by atoms with E-state index in [9.17, 15) is 14.4 Å². The summed E-state index contributed by atoms with van der Waals surface area (Å²) in [6, 6.07) is 0. The van der Waals surface area contributed by atoms with Crippen LogP contribution in [0.4, 0.5) is 0 Å². The summed E-state index contributed by atoms with van der Waals surface area (Å²) in [5.41, 5.74) is 0. The van der Waals surface area contributed by atoms with Gasteiger partial charge in [-0.25, -0.2) is 0 Å². The number of alkyl halides is 2. The molecule has 0 spiro atoms. The highest BCUT2D eigenvalue weighted by Crippen LogP contribution is 2.65. The minimum Gasteiger partial charge on any atom is -0.481 e. The van der Waals surface area contributed by atoms with Gasteiger partial charge < -0.3 is 10.2 Å². The molecule has 9 heteroatoms. The van der Waals surface area contributed by atoms with Crippen molar-refractivity contribution in [1.29, 1.82) is 0 Å². The molecule has 0 heterocycles. The zero-order chi connectivity index (χ0) is 14.0. The number of hydrogen-bond acceptors (Lipinski definition) is 3. The van der Waals surface area contributed by atoms with Crippen molar-refractivity contribution >= 4 is 64.1 Å². The van der Waals surface area contributed by atoms with E-state index in [-0.39, 0.29) is 0 Å². The lowest BCUT2D eigenvalue weighted by molar-refractivity contribution is -0.153. The molecule has 0 amide bonds. The number of halogens is 4. The van der Waals surface area contributed by atoms with E-state index in [2.05, 4.69) is 0 Å². The fourth-order valence-corrected chi connectivity index (χ4v) is 4.20. The molecule has 0 aromatic heterocycles. The molecule has 98 valence electrons. The Morgan fingerprint density at radius 2 is 1.22 bits per heavy atom. The van der Waals surface area contributed by atoms with Crippen LogP contribution in [-0.2, 0) is 14.4 Å². The quantitative estimate of drug-likeness (QED) is 0.749. The van der Waals surface area contributed by atoms with Gasteiger partial charge in [-0.15, -0.1) is 23.2 Å². The summed E-state index contributed by atoms with van der Waals surface area (Å²) >= 11 is 23.4. The molecule has 2 N–H and O–H groups in total. The average molecular weight is 334 g/mol. The van der Waals surface area contributed by atoms with Crippen LogP contribution >= 0.6 is 46.4 Å². The highest BCUT2D eigenvalue weighted by Gasteiger charge is 2.79. The Morgan fingerprint density at radius 3 is 1.44 bits per heavy atom. The Labute approximate surface area is 120 Å². The zero-order valence-electron chi connectivity index (χ0n) is 8.29. The number of carboxylic acid groups (broad SMARTS) is 2. The predicted octanol–water partition coefficient (Wildman–Crippen LogP) is 1.63. The van der Waals surface area contributed by atoms with Crippen LogP contribution in [0, 0.1) is 11.8 Å². The lowest BCUT2D eigenvalue weighted by atomic mass is 9.82. The van der Waals surface area contributed by atoms with Crippen molar-refractivity contribution in [3.63, 3.8) is 0 Å². The van der Waals surface area contributed by atoms with Crippen molar-refractivity contribution < 1.29 is 24.6 Å². The first-order chi connectivity index (χ1) is 8.11. The molecule has 2 rings (SSSR count). The fourth-order valence-electron chi connectivity index (χ4n) is 2.42. The monoisotopic (exact) mass is 332 g/mol. The van der Waals surface area contributed by atoms with Crippen LogP contribution in [0.5, 0.6) is 0 Å². The average Bonchev–Trinajstić information content (AvgIpc) is 2.53. The number of carbonyl (C=O) groups is 3. The van der Waals surface area contributed by atoms with Crippen LogP contribution in [0.1, 0.15) is 0 Å². The van der Waals surface area contributed by atoms with Gasteiger partial charge in [-0.2, -0.15) is 0 Å². The summed E-state index contributed by atoms with van der Waals surface area (Å²) in [5, 5.41) is 17.3. The first-order valence-corrected chi connectivity index (χ1v) is 6.07. The molecule has 1 fully saturated rings. The number of ketones is 1. The van der Waals surface area contributed by atoms with Gasteiger partial charge in [0.25, 0.3) is 0 Å².